The number of amides is 1. The third-order valence-corrected chi connectivity index (χ3v) is 4.89. The molecule has 1 aromatic carbocycles. The second kappa shape index (κ2) is 6.06. The molecule has 116 valence electrons. The van der Waals surface area contributed by atoms with Crippen molar-refractivity contribution in [1.82, 2.24) is 0 Å². The van der Waals surface area contributed by atoms with Crippen LogP contribution in [0.4, 0.5) is 5.69 Å². The highest BCUT2D eigenvalue weighted by Gasteiger charge is 2.39. The Kier molecular flexibility index (Phi) is 4.57. The molecule has 1 saturated carbocycles. The molecule has 4 N–H and O–H groups in total. The van der Waals surface area contributed by atoms with Crippen molar-refractivity contribution in [3.05, 3.63) is 23.3 Å². The maximum atomic E-state index is 12.7. The zero-order valence-corrected chi connectivity index (χ0v) is 13.2. The van der Waals surface area contributed by atoms with Crippen molar-refractivity contribution in [2.75, 3.05) is 11.9 Å². The van der Waals surface area contributed by atoms with Gasteiger partial charge in [0.1, 0.15) is 5.75 Å². The lowest BCUT2D eigenvalue weighted by Gasteiger charge is -2.37. The van der Waals surface area contributed by atoms with E-state index in [0.29, 0.717) is 12.5 Å². The summed E-state index contributed by atoms with van der Waals surface area (Å²) >= 11 is 0. The molecule has 0 unspecified atom stereocenters. The van der Waals surface area contributed by atoms with Crippen LogP contribution in [0.25, 0.3) is 0 Å². The highest BCUT2D eigenvalue weighted by atomic mass is 16.3. The fraction of sp³-hybridized carbons (Fsp3) is 0.588. The lowest BCUT2D eigenvalue weighted by molar-refractivity contribution is -0.127. The third kappa shape index (κ3) is 3.21. The predicted octanol–water partition coefficient (Wildman–Crippen LogP) is 3.10. The molecule has 21 heavy (non-hydrogen) atoms. The van der Waals surface area contributed by atoms with Gasteiger partial charge >= 0.3 is 0 Å². The van der Waals surface area contributed by atoms with Crippen LogP contribution < -0.4 is 11.1 Å². The van der Waals surface area contributed by atoms with Gasteiger partial charge in [0.15, 0.2) is 0 Å². The zero-order chi connectivity index (χ0) is 15.6. The van der Waals surface area contributed by atoms with Gasteiger partial charge in [0.2, 0.25) is 5.91 Å². The first-order valence-electron chi connectivity index (χ1n) is 7.70. The molecule has 0 atom stereocenters. The molecule has 2 rings (SSSR count). The largest absolute Gasteiger partial charge is 0.508 e. The van der Waals surface area contributed by atoms with E-state index in [0.717, 1.165) is 42.5 Å². The summed E-state index contributed by atoms with van der Waals surface area (Å²) in [6.07, 6.45) is 3.82. The van der Waals surface area contributed by atoms with Crippen LogP contribution in [0.5, 0.6) is 5.75 Å². The number of aromatic hydroxyl groups is 1. The SMILES string of the molecule is Cc1cc(NC(=O)C2(CN)CCC(C)CC2)c(C)cc1O. The molecule has 0 aromatic heterocycles. The van der Waals surface area contributed by atoms with Gasteiger partial charge in [0.25, 0.3) is 0 Å². The van der Waals surface area contributed by atoms with Crippen LogP contribution in [0.3, 0.4) is 0 Å². The van der Waals surface area contributed by atoms with Gasteiger partial charge in [-0.05, 0) is 68.7 Å². The van der Waals surface area contributed by atoms with Crippen LogP contribution in [0.15, 0.2) is 12.1 Å². The molecule has 0 radical (unpaired) electrons. The van der Waals surface area contributed by atoms with Crippen molar-refractivity contribution in [2.45, 2.75) is 46.5 Å². The number of carbonyl (C=O) groups is 1. The number of rotatable bonds is 3. The molecule has 1 aromatic rings. The number of benzene rings is 1. The number of nitrogens with two attached hydrogens (primary N) is 1. The molecule has 0 bridgehead atoms. The number of aryl methyl sites for hydroxylation is 2. The molecule has 1 fully saturated rings. The Balaban J connectivity index is 2.18. The summed E-state index contributed by atoms with van der Waals surface area (Å²) in [5.74, 6) is 0.950. The van der Waals surface area contributed by atoms with Crippen LogP contribution in [-0.4, -0.2) is 17.6 Å². The van der Waals surface area contributed by atoms with Gasteiger partial charge in [-0.15, -0.1) is 0 Å². The lowest BCUT2D eigenvalue weighted by atomic mass is 9.70. The van der Waals surface area contributed by atoms with E-state index in [9.17, 15) is 9.90 Å². The first-order chi connectivity index (χ1) is 9.88. The van der Waals surface area contributed by atoms with Crippen LogP contribution in [0.2, 0.25) is 0 Å². The Morgan fingerprint density at radius 2 is 1.95 bits per heavy atom. The van der Waals surface area contributed by atoms with Crippen LogP contribution in [-0.2, 0) is 4.79 Å². The highest BCUT2D eigenvalue weighted by Crippen LogP contribution is 2.39. The normalized spacial score (nSPS) is 25.6. The van der Waals surface area contributed by atoms with Gasteiger partial charge in [0, 0.05) is 12.2 Å². The molecule has 4 heteroatoms. The second-order valence-electron chi connectivity index (χ2n) is 6.57. The molecular formula is C17H26N2O2. The summed E-state index contributed by atoms with van der Waals surface area (Å²) in [5, 5.41) is 12.7. The van der Waals surface area contributed by atoms with Gasteiger partial charge in [-0.1, -0.05) is 6.92 Å². The fourth-order valence-corrected chi connectivity index (χ4v) is 3.03. The Morgan fingerprint density at radius 3 is 2.52 bits per heavy atom. The van der Waals surface area contributed by atoms with Crippen molar-refractivity contribution in [2.24, 2.45) is 17.1 Å². The standard InChI is InChI=1S/C17H26N2O2/c1-11-4-6-17(10-18,7-5-11)16(21)19-14-8-13(3)15(20)9-12(14)2/h8-9,11,20H,4-7,10,18H2,1-3H3,(H,19,21). The minimum atomic E-state index is -0.440. The molecule has 1 aliphatic carbocycles. The van der Waals surface area contributed by atoms with E-state index in [1.165, 1.54) is 0 Å². The first-order valence-corrected chi connectivity index (χ1v) is 7.70. The molecule has 0 aliphatic heterocycles. The van der Waals surface area contributed by atoms with E-state index < -0.39 is 5.41 Å². The number of hydrogen-bond donors (Lipinski definition) is 3. The summed E-state index contributed by atoms with van der Waals surface area (Å²) in [6.45, 7) is 6.33. The van der Waals surface area contributed by atoms with Gasteiger partial charge in [0.05, 0.1) is 5.41 Å². The number of phenols is 1. The monoisotopic (exact) mass is 290 g/mol. The molecule has 0 spiro atoms. The summed E-state index contributed by atoms with van der Waals surface area (Å²) in [7, 11) is 0. The number of carbonyl (C=O) groups excluding carboxylic acids is 1. The van der Waals surface area contributed by atoms with Crippen molar-refractivity contribution in [3.8, 4) is 5.75 Å². The topological polar surface area (TPSA) is 75.4 Å². The number of nitrogens with one attached hydrogen (secondary N) is 1. The minimum absolute atomic E-state index is 0.0186. The van der Waals surface area contributed by atoms with Gasteiger partial charge < -0.3 is 16.2 Å². The van der Waals surface area contributed by atoms with E-state index in [2.05, 4.69) is 12.2 Å². The zero-order valence-electron chi connectivity index (χ0n) is 13.2. The molecule has 0 heterocycles. The molecule has 1 aliphatic rings. The Morgan fingerprint density at radius 1 is 1.33 bits per heavy atom. The first kappa shape index (κ1) is 15.8. The Labute approximate surface area is 126 Å². The van der Waals surface area contributed by atoms with Gasteiger partial charge in [-0.3, -0.25) is 4.79 Å². The van der Waals surface area contributed by atoms with E-state index in [-0.39, 0.29) is 11.7 Å². The number of anilines is 1. The molecule has 4 nitrogen and oxygen atoms in total. The maximum Gasteiger partial charge on any atom is 0.231 e. The van der Waals surface area contributed by atoms with Crippen molar-refractivity contribution in [3.63, 3.8) is 0 Å². The summed E-state index contributed by atoms with van der Waals surface area (Å²) in [5.41, 5.74) is 7.88. The van der Waals surface area contributed by atoms with E-state index in [1.54, 1.807) is 6.07 Å². The summed E-state index contributed by atoms with van der Waals surface area (Å²) in [6, 6.07) is 3.50. The molecular weight excluding hydrogens is 264 g/mol. The third-order valence-electron chi connectivity index (χ3n) is 4.89. The lowest BCUT2D eigenvalue weighted by Crippen LogP contribution is -2.44. The second-order valence-corrected chi connectivity index (χ2v) is 6.57. The van der Waals surface area contributed by atoms with Crippen LogP contribution in [0.1, 0.15) is 43.7 Å². The average molecular weight is 290 g/mol. The van der Waals surface area contributed by atoms with Crippen molar-refractivity contribution >= 4 is 11.6 Å². The molecule has 0 saturated heterocycles. The number of phenolic OH excluding ortho intramolecular Hbond substituents is 1. The fourth-order valence-electron chi connectivity index (χ4n) is 3.03. The quantitative estimate of drug-likeness (QED) is 0.749. The van der Waals surface area contributed by atoms with Crippen LogP contribution >= 0.6 is 0 Å². The summed E-state index contributed by atoms with van der Waals surface area (Å²) in [4.78, 5) is 12.7. The molecule has 1 amide bonds. The van der Waals surface area contributed by atoms with E-state index in [1.807, 2.05) is 19.9 Å². The van der Waals surface area contributed by atoms with Crippen LogP contribution in [0, 0.1) is 25.2 Å². The minimum Gasteiger partial charge on any atom is -0.508 e. The predicted molar refractivity (Wildman–Crippen MR) is 85.3 cm³/mol. The van der Waals surface area contributed by atoms with Crippen molar-refractivity contribution in [1.29, 1.82) is 0 Å². The highest BCUT2D eigenvalue weighted by molar-refractivity contribution is 5.96. The van der Waals surface area contributed by atoms with E-state index in [4.69, 9.17) is 5.73 Å². The Hall–Kier alpha value is -1.55. The smallest absolute Gasteiger partial charge is 0.231 e. The average Bonchev–Trinajstić information content (AvgIpc) is 2.46. The van der Waals surface area contributed by atoms with Gasteiger partial charge in [-0.2, -0.15) is 0 Å². The summed E-state index contributed by atoms with van der Waals surface area (Å²) < 4.78 is 0. The number of hydrogen-bond acceptors (Lipinski definition) is 3. The van der Waals surface area contributed by atoms with E-state index >= 15 is 0 Å². The Bertz CT molecular complexity index is 532. The van der Waals surface area contributed by atoms with Crippen molar-refractivity contribution < 1.29 is 9.90 Å². The van der Waals surface area contributed by atoms with Gasteiger partial charge in [-0.25, -0.2) is 0 Å². The maximum absolute atomic E-state index is 12.7.